The van der Waals surface area contributed by atoms with E-state index in [4.69, 9.17) is 1.37 Å². The molecular weight excluding hydrogens is 133 g/mol. The van der Waals surface area contributed by atoms with E-state index in [1.54, 1.807) is 0 Å². The van der Waals surface area contributed by atoms with Crippen LogP contribution in [-0.2, 0) is 6.30 Å². The molecule has 0 saturated heterocycles. The fourth-order valence-corrected chi connectivity index (χ4v) is 0.376. The Balaban J connectivity index is 3.05. The van der Waals surface area contributed by atoms with Crippen LogP contribution in [0.25, 0.3) is 0 Å². The summed E-state index contributed by atoms with van der Waals surface area (Å²) in [7, 11) is 0. The van der Waals surface area contributed by atoms with Gasteiger partial charge in [-0.05, 0) is 6.07 Å². The Morgan fingerprint density at radius 1 is 1.56 bits per heavy atom. The van der Waals surface area contributed by atoms with Crippen molar-refractivity contribution < 1.29 is 14.5 Å². The normalized spacial score (nSPS) is 13.4. The molecule has 0 atom stereocenters. The average molecular weight is 137 g/mol. The molecule has 0 saturated carbocycles. The van der Waals surface area contributed by atoms with Gasteiger partial charge in [0, 0.05) is 12.4 Å². The molecule has 50 valence electrons. The van der Waals surface area contributed by atoms with Crippen LogP contribution in [0.2, 0.25) is 0 Å². The molecule has 0 radical (unpaired) electrons. The van der Waals surface area contributed by atoms with Crippen LogP contribution in [-0.4, -0.2) is 9.78 Å². The highest BCUT2D eigenvalue weighted by molar-refractivity contribution is 4.78. The fraction of sp³-hybridized carbons (Fsp3) is 0.250. The number of halogens is 3. The molecule has 0 amide bonds. The van der Waals surface area contributed by atoms with Crippen molar-refractivity contribution in [2.24, 2.45) is 0 Å². The first kappa shape index (κ1) is 4.84. The van der Waals surface area contributed by atoms with Gasteiger partial charge >= 0.3 is 6.30 Å². The summed E-state index contributed by atoms with van der Waals surface area (Å²) in [5, 5.41) is 2.89. The third-order valence-corrected chi connectivity index (χ3v) is 0.694. The van der Waals surface area contributed by atoms with Gasteiger partial charge in [0.15, 0.2) is 0 Å². The lowest BCUT2D eigenvalue weighted by Gasteiger charge is -2.03. The van der Waals surface area contributed by atoms with Crippen LogP contribution in [0.15, 0.2) is 18.4 Å². The lowest BCUT2D eigenvalue weighted by Crippen LogP contribution is -2.16. The zero-order valence-electron chi connectivity index (χ0n) is 5.18. The Hall–Kier alpha value is -1.00. The Morgan fingerprint density at radius 2 is 2.22 bits per heavy atom. The lowest BCUT2D eigenvalue weighted by atomic mass is 10.8. The molecule has 1 aromatic rings. The lowest BCUT2D eigenvalue weighted by molar-refractivity contribution is -0.212. The van der Waals surface area contributed by atoms with Crippen LogP contribution in [0.3, 0.4) is 0 Å². The minimum Gasteiger partial charge on any atom is -0.179 e. The van der Waals surface area contributed by atoms with E-state index in [0.29, 0.717) is 0 Å². The van der Waals surface area contributed by atoms with Gasteiger partial charge in [-0.2, -0.15) is 9.78 Å². The monoisotopic (exact) mass is 137 g/mol. The molecule has 1 aromatic heterocycles. The minimum atomic E-state index is -4.57. The second kappa shape index (κ2) is 1.75. The van der Waals surface area contributed by atoms with Gasteiger partial charge in [0.1, 0.15) is 0 Å². The van der Waals surface area contributed by atoms with Gasteiger partial charge in [0.2, 0.25) is 0 Å². The summed E-state index contributed by atoms with van der Waals surface area (Å²) >= 11 is 0. The van der Waals surface area contributed by atoms with Gasteiger partial charge in [-0.25, -0.2) is 0 Å². The fourth-order valence-electron chi connectivity index (χ4n) is 0.376. The van der Waals surface area contributed by atoms with Crippen molar-refractivity contribution in [3.05, 3.63) is 18.4 Å². The number of alkyl halides is 3. The molecule has 0 spiro atoms. The topological polar surface area (TPSA) is 17.8 Å². The van der Waals surface area contributed by atoms with E-state index in [2.05, 4.69) is 5.10 Å². The van der Waals surface area contributed by atoms with Crippen molar-refractivity contribution in [1.82, 2.24) is 9.78 Å². The van der Waals surface area contributed by atoms with Crippen LogP contribution in [0.5, 0.6) is 0 Å². The number of nitrogens with zero attached hydrogens (tertiary/aromatic N) is 2. The summed E-state index contributed by atoms with van der Waals surface area (Å²) in [4.78, 5) is 0. The number of aromatic nitrogens is 2. The summed E-state index contributed by atoms with van der Waals surface area (Å²) in [5.74, 6) is 0. The molecule has 0 unspecified atom stereocenters. The second-order valence-electron chi connectivity index (χ2n) is 1.34. The summed E-state index contributed by atoms with van der Waals surface area (Å²) in [5.41, 5.74) is 0. The first-order chi connectivity index (χ1) is 4.52. The molecule has 0 N–H and O–H groups in total. The van der Waals surface area contributed by atoms with Crippen molar-refractivity contribution >= 4 is 0 Å². The van der Waals surface area contributed by atoms with Gasteiger partial charge in [-0.1, -0.05) is 0 Å². The Kier molecular flexibility index (Phi) is 0.941. The second-order valence-corrected chi connectivity index (χ2v) is 1.34. The highest BCUT2D eigenvalue weighted by Crippen LogP contribution is 2.19. The Labute approximate surface area is 50.3 Å². The predicted molar refractivity (Wildman–Crippen MR) is 23.5 cm³/mol. The average Bonchev–Trinajstić information content (AvgIpc) is 2.11. The van der Waals surface area contributed by atoms with E-state index in [1.165, 1.54) is 0 Å². The van der Waals surface area contributed by atoms with Crippen molar-refractivity contribution in [1.29, 1.82) is 0 Å². The van der Waals surface area contributed by atoms with Gasteiger partial charge in [-0.3, -0.25) is 0 Å². The molecule has 5 heteroatoms. The molecule has 2 nitrogen and oxygen atoms in total. The van der Waals surface area contributed by atoms with E-state index < -0.39 is 12.5 Å². The first-order valence-electron chi connectivity index (χ1n) is 2.59. The van der Waals surface area contributed by atoms with Crippen molar-refractivity contribution in [2.75, 3.05) is 0 Å². The molecule has 0 aromatic carbocycles. The number of rotatable bonds is 0. The standard InChI is InChI=1S/C4H3F3N2/c5-4(6,7)9-3-1-2-8-9/h1-3H/i3D. The molecule has 1 heterocycles. The molecule has 0 aliphatic carbocycles. The maximum Gasteiger partial charge on any atom is 0.504 e. The van der Waals surface area contributed by atoms with E-state index in [1.807, 2.05) is 0 Å². The third kappa shape index (κ3) is 1.22. The maximum absolute atomic E-state index is 11.7. The number of hydrogen-bond acceptors (Lipinski definition) is 1. The minimum absolute atomic E-state index is 0.312. The molecule has 0 bridgehead atoms. The van der Waals surface area contributed by atoms with Crippen molar-refractivity contribution in [3.63, 3.8) is 0 Å². The van der Waals surface area contributed by atoms with Crippen molar-refractivity contribution in [2.45, 2.75) is 6.30 Å². The quantitative estimate of drug-likeness (QED) is 0.527. The summed E-state index contributed by atoms with van der Waals surface area (Å²) in [6.45, 7) is 0. The van der Waals surface area contributed by atoms with E-state index in [9.17, 15) is 13.2 Å². The van der Waals surface area contributed by atoms with Crippen LogP contribution in [0.1, 0.15) is 1.37 Å². The summed E-state index contributed by atoms with van der Waals surface area (Å²) < 4.78 is 41.4. The third-order valence-electron chi connectivity index (χ3n) is 0.694. The van der Waals surface area contributed by atoms with Gasteiger partial charge < -0.3 is 0 Å². The van der Waals surface area contributed by atoms with Crippen LogP contribution >= 0.6 is 0 Å². The zero-order chi connectivity index (χ0) is 7.78. The summed E-state index contributed by atoms with van der Waals surface area (Å²) in [6, 6.07) is 0.966. The largest absolute Gasteiger partial charge is 0.504 e. The van der Waals surface area contributed by atoms with E-state index >= 15 is 0 Å². The van der Waals surface area contributed by atoms with Crippen LogP contribution < -0.4 is 0 Å². The predicted octanol–water partition coefficient (Wildman–Crippen LogP) is 1.36. The van der Waals surface area contributed by atoms with Crippen LogP contribution in [0.4, 0.5) is 13.2 Å². The highest BCUT2D eigenvalue weighted by atomic mass is 19.4. The molecule has 0 aliphatic heterocycles. The van der Waals surface area contributed by atoms with Gasteiger partial charge in [0.25, 0.3) is 0 Å². The molecule has 0 fully saturated rings. The van der Waals surface area contributed by atoms with E-state index in [-0.39, 0.29) is 4.68 Å². The molecule has 9 heavy (non-hydrogen) atoms. The smallest absolute Gasteiger partial charge is 0.179 e. The maximum atomic E-state index is 11.7. The SMILES string of the molecule is [2H]c1ccnn1C(F)(F)F. The Morgan fingerprint density at radius 3 is 2.44 bits per heavy atom. The van der Waals surface area contributed by atoms with Gasteiger partial charge in [-0.15, -0.1) is 13.2 Å². The first-order valence-corrected chi connectivity index (χ1v) is 2.09. The molecule has 1 rings (SSSR count). The number of hydrogen-bond donors (Lipinski definition) is 0. The van der Waals surface area contributed by atoms with Gasteiger partial charge in [0.05, 0.1) is 1.37 Å². The van der Waals surface area contributed by atoms with Crippen molar-refractivity contribution in [3.8, 4) is 0 Å². The van der Waals surface area contributed by atoms with Crippen LogP contribution in [0, 0.1) is 0 Å². The highest BCUT2D eigenvalue weighted by Gasteiger charge is 2.30. The molecular formula is C4H3F3N2. The molecule has 0 aliphatic rings. The zero-order valence-corrected chi connectivity index (χ0v) is 4.18. The van der Waals surface area contributed by atoms with E-state index in [0.717, 1.165) is 12.3 Å². The Bertz CT molecular complexity index is 229. The summed E-state index contributed by atoms with van der Waals surface area (Å²) in [6.07, 6.45) is -4.30.